The average molecular weight is 385 g/mol. The minimum Gasteiger partial charge on any atom is -0.481 e. The Bertz CT molecular complexity index is 660. The molecule has 25 heavy (non-hydrogen) atoms. The first-order valence-electron chi connectivity index (χ1n) is 8.70. The lowest BCUT2D eigenvalue weighted by atomic mass is 9.86. The molecule has 0 radical (unpaired) electrons. The summed E-state index contributed by atoms with van der Waals surface area (Å²) in [6, 6.07) is 5.50. The van der Waals surface area contributed by atoms with Crippen LogP contribution in [0.15, 0.2) is 18.2 Å². The Morgan fingerprint density at radius 2 is 1.80 bits per heavy atom. The number of hydrogen-bond acceptors (Lipinski definition) is 2. The van der Waals surface area contributed by atoms with Gasteiger partial charge in [0.1, 0.15) is 0 Å². The molecule has 1 aromatic rings. The predicted octanol–water partition coefficient (Wildman–Crippen LogP) is 4.48. The third-order valence-electron chi connectivity index (χ3n) is 5.25. The molecule has 1 atom stereocenters. The van der Waals surface area contributed by atoms with Crippen molar-refractivity contribution >= 4 is 35.2 Å². The Morgan fingerprint density at radius 3 is 2.44 bits per heavy atom. The van der Waals surface area contributed by atoms with E-state index in [0.29, 0.717) is 42.3 Å². The number of nitrogens with zero attached hydrogens (tertiary/aromatic N) is 1. The molecule has 2 fully saturated rings. The fraction of sp³-hybridized carbons (Fsp3) is 0.556. The molecule has 0 bridgehead atoms. The maximum absolute atomic E-state index is 12.7. The summed E-state index contributed by atoms with van der Waals surface area (Å²) in [5.74, 6) is -1.01. The first-order valence-corrected chi connectivity index (χ1v) is 9.46. The fourth-order valence-corrected chi connectivity index (χ4v) is 4.12. The van der Waals surface area contributed by atoms with Gasteiger partial charge in [0.25, 0.3) is 0 Å². The summed E-state index contributed by atoms with van der Waals surface area (Å²) in [5.41, 5.74) is 0.997. The summed E-state index contributed by atoms with van der Waals surface area (Å²) in [6.45, 7) is 0.710. The molecule has 1 heterocycles. The lowest BCUT2D eigenvalue weighted by Gasteiger charge is -2.31. The van der Waals surface area contributed by atoms with Crippen molar-refractivity contribution in [1.29, 1.82) is 0 Å². The monoisotopic (exact) mass is 384 g/mol. The predicted molar refractivity (Wildman–Crippen MR) is 97.1 cm³/mol. The van der Waals surface area contributed by atoms with Gasteiger partial charge in [-0.3, -0.25) is 4.79 Å². The van der Waals surface area contributed by atoms with Gasteiger partial charge in [-0.15, -0.1) is 0 Å². The normalized spacial score (nSPS) is 26.5. The lowest BCUT2D eigenvalue weighted by molar-refractivity contribution is -0.142. The van der Waals surface area contributed by atoms with Gasteiger partial charge in [-0.05, 0) is 56.2 Å². The molecule has 0 spiro atoms. The van der Waals surface area contributed by atoms with Crippen molar-refractivity contribution in [2.75, 3.05) is 6.54 Å². The minimum atomic E-state index is -0.732. The summed E-state index contributed by atoms with van der Waals surface area (Å²) in [6.07, 6.45) is 4.52. The summed E-state index contributed by atoms with van der Waals surface area (Å²) in [5, 5.41) is 13.2. The van der Waals surface area contributed by atoms with E-state index in [9.17, 15) is 9.59 Å². The van der Waals surface area contributed by atoms with E-state index in [1.54, 1.807) is 6.07 Å². The van der Waals surface area contributed by atoms with Crippen molar-refractivity contribution in [3.05, 3.63) is 33.8 Å². The van der Waals surface area contributed by atoms with Gasteiger partial charge in [0.2, 0.25) is 0 Å². The average Bonchev–Trinajstić information content (AvgIpc) is 3.07. The van der Waals surface area contributed by atoms with Gasteiger partial charge in [-0.2, -0.15) is 0 Å². The summed E-state index contributed by atoms with van der Waals surface area (Å²) < 4.78 is 0. The number of benzene rings is 1. The highest BCUT2D eigenvalue weighted by molar-refractivity contribution is 6.42. The number of nitrogens with one attached hydrogen (secondary N) is 1. The van der Waals surface area contributed by atoms with Gasteiger partial charge in [-0.1, -0.05) is 29.3 Å². The maximum atomic E-state index is 12.7. The first-order chi connectivity index (χ1) is 12.0. The van der Waals surface area contributed by atoms with Crippen molar-refractivity contribution in [2.45, 2.75) is 50.6 Å². The summed E-state index contributed by atoms with van der Waals surface area (Å²) >= 11 is 12.1. The summed E-state index contributed by atoms with van der Waals surface area (Å²) in [7, 11) is 0. The highest BCUT2D eigenvalue weighted by Gasteiger charge is 2.33. The molecule has 2 amide bonds. The molecule has 1 saturated heterocycles. The second-order valence-electron chi connectivity index (χ2n) is 6.86. The molecule has 5 nitrogen and oxygen atoms in total. The Balaban J connectivity index is 1.61. The number of amides is 2. The smallest absolute Gasteiger partial charge is 0.318 e. The van der Waals surface area contributed by atoms with Crippen LogP contribution in [0.25, 0.3) is 0 Å². The quantitative estimate of drug-likeness (QED) is 0.806. The van der Waals surface area contributed by atoms with E-state index in [4.69, 9.17) is 28.3 Å². The molecule has 1 aliphatic heterocycles. The van der Waals surface area contributed by atoms with E-state index in [0.717, 1.165) is 18.4 Å². The minimum absolute atomic E-state index is 0.00475. The Morgan fingerprint density at radius 1 is 1.08 bits per heavy atom. The van der Waals surface area contributed by atoms with E-state index in [1.807, 2.05) is 17.0 Å². The van der Waals surface area contributed by atoms with Crippen LogP contribution in [0.3, 0.4) is 0 Å². The van der Waals surface area contributed by atoms with Crippen molar-refractivity contribution in [2.24, 2.45) is 5.92 Å². The lowest BCUT2D eigenvalue weighted by Crippen LogP contribution is -2.46. The van der Waals surface area contributed by atoms with Crippen LogP contribution in [0.5, 0.6) is 0 Å². The third kappa shape index (κ3) is 4.21. The largest absolute Gasteiger partial charge is 0.481 e. The van der Waals surface area contributed by atoms with Crippen LogP contribution in [0.4, 0.5) is 4.79 Å². The zero-order valence-electron chi connectivity index (χ0n) is 13.9. The number of carbonyl (C=O) groups excluding carboxylic acids is 1. The van der Waals surface area contributed by atoms with Crippen molar-refractivity contribution in [3.63, 3.8) is 0 Å². The molecule has 3 rings (SSSR count). The molecular weight excluding hydrogens is 363 g/mol. The van der Waals surface area contributed by atoms with Crippen LogP contribution in [0, 0.1) is 5.92 Å². The number of aliphatic carboxylic acids is 1. The van der Waals surface area contributed by atoms with Crippen molar-refractivity contribution < 1.29 is 14.7 Å². The van der Waals surface area contributed by atoms with E-state index >= 15 is 0 Å². The molecule has 2 N–H and O–H groups in total. The molecule has 2 aliphatic rings. The van der Waals surface area contributed by atoms with Crippen LogP contribution >= 0.6 is 23.2 Å². The standard InChI is InChI=1S/C18H22Cl2N2O3/c19-14-8-5-12(10-15(14)20)16-2-1-9-22(16)18(25)21-13-6-3-11(4-7-13)17(23)24/h5,8,10-11,13,16H,1-4,6-7,9H2,(H,21,25)(H,23,24). The molecule has 136 valence electrons. The number of carboxylic acids is 1. The van der Waals surface area contributed by atoms with Crippen LogP contribution in [0.1, 0.15) is 50.1 Å². The number of hydrogen-bond donors (Lipinski definition) is 2. The SMILES string of the molecule is O=C(O)C1CCC(NC(=O)N2CCCC2c2ccc(Cl)c(Cl)c2)CC1. The topological polar surface area (TPSA) is 69.6 Å². The van der Waals surface area contributed by atoms with Crippen LogP contribution in [-0.4, -0.2) is 34.6 Å². The van der Waals surface area contributed by atoms with Crippen LogP contribution in [-0.2, 0) is 4.79 Å². The van der Waals surface area contributed by atoms with E-state index in [2.05, 4.69) is 5.32 Å². The van der Waals surface area contributed by atoms with Gasteiger partial charge in [-0.25, -0.2) is 4.79 Å². The van der Waals surface area contributed by atoms with Gasteiger partial charge in [0, 0.05) is 12.6 Å². The van der Waals surface area contributed by atoms with Gasteiger partial charge >= 0.3 is 12.0 Å². The number of likely N-dealkylation sites (tertiary alicyclic amines) is 1. The molecule has 7 heteroatoms. The zero-order chi connectivity index (χ0) is 18.0. The van der Waals surface area contributed by atoms with Crippen molar-refractivity contribution in [3.8, 4) is 0 Å². The number of halogens is 2. The van der Waals surface area contributed by atoms with E-state index in [1.165, 1.54) is 0 Å². The Labute approximate surface area is 157 Å². The Hall–Kier alpha value is -1.46. The zero-order valence-corrected chi connectivity index (χ0v) is 15.4. The summed E-state index contributed by atoms with van der Waals surface area (Å²) in [4.78, 5) is 25.6. The second-order valence-corrected chi connectivity index (χ2v) is 7.68. The highest BCUT2D eigenvalue weighted by Crippen LogP contribution is 2.35. The molecule has 1 saturated carbocycles. The van der Waals surface area contributed by atoms with E-state index < -0.39 is 5.97 Å². The molecule has 1 unspecified atom stereocenters. The van der Waals surface area contributed by atoms with Gasteiger partial charge < -0.3 is 15.3 Å². The molecule has 0 aromatic heterocycles. The van der Waals surface area contributed by atoms with Crippen LogP contribution in [0.2, 0.25) is 10.0 Å². The number of carbonyl (C=O) groups is 2. The first kappa shape index (κ1) is 18.3. The number of carboxylic acid groups (broad SMARTS) is 1. The van der Waals surface area contributed by atoms with Crippen LogP contribution < -0.4 is 5.32 Å². The number of urea groups is 1. The fourth-order valence-electron chi connectivity index (χ4n) is 3.82. The Kier molecular flexibility index (Phi) is 5.74. The van der Waals surface area contributed by atoms with Crippen molar-refractivity contribution in [1.82, 2.24) is 10.2 Å². The highest BCUT2D eigenvalue weighted by atomic mass is 35.5. The molecular formula is C18H22Cl2N2O3. The third-order valence-corrected chi connectivity index (χ3v) is 5.99. The van der Waals surface area contributed by atoms with Gasteiger partial charge in [0.15, 0.2) is 0 Å². The van der Waals surface area contributed by atoms with Gasteiger partial charge in [0.05, 0.1) is 22.0 Å². The molecule has 1 aliphatic carbocycles. The molecule has 1 aromatic carbocycles. The van der Waals surface area contributed by atoms with E-state index in [-0.39, 0.29) is 24.0 Å². The second kappa shape index (κ2) is 7.83. The maximum Gasteiger partial charge on any atom is 0.318 e. The number of rotatable bonds is 3.